The zero-order valence-corrected chi connectivity index (χ0v) is 9.38. The molecule has 0 atom stereocenters. The van der Waals surface area contributed by atoms with E-state index in [0.717, 1.165) is 17.8 Å². The Labute approximate surface area is 100 Å². The number of hydrogen-bond acceptors (Lipinski definition) is 2. The van der Waals surface area contributed by atoms with Crippen molar-refractivity contribution in [3.63, 3.8) is 0 Å². The fraction of sp³-hybridized carbons (Fsp3) is 0.0667. The van der Waals surface area contributed by atoms with Gasteiger partial charge in [-0.3, -0.25) is 0 Å². The summed E-state index contributed by atoms with van der Waals surface area (Å²) in [6, 6.07) is 18.1. The van der Waals surface area contributed by atoms with Gasteiger partial charge in [-0.15, -0.1) is 0 Å². The fourth-order valence-electron chi connectivity index (χ4n) is 1.97. The second-order valence-corrected chi connectivity index (χ2v) is 3.99. The van der Waals surface area contributed by atoms with Gasteiger partial charge in [-0.1, -0.05) is 48.5 Å². The van der Waals surface area contributed by atoms with E-state index in [9.17, 15) is 0 Å². The van der Waals surface area contributed by atoms with Gasteiger partial charge in [0.1, 0.15) is 0 Å². The predicted octanol–water partition coefficient (Wildman–Crippen LogP) is 4.37. The zero-order valence-electron chi connectivity index (χ0n) is 9.38. The Kier molecular flexibility index (Phi) is 2.54. The van der Waals surface area contributed by atoms with Crippen LogP contribution in [-0.4, -0.2) is 0 Å². The third-order valence-electron chi connectivity index (χ3n) is 2.84. The summed E-state index contributed by atoms with van der Waals surface area (Å²) in [7, 11) is 0. The number of azo groups is 1. The van der Waals surface area contributed by atoms with Crippen molar-refractivity contribution in [2.75, 3.05) is 0 Å². The van der Waals surface area contributed by atoms with Crippen LogP contribution in [0, 0.1) is 0 Å². The van der Waals surface area contributed by atoms with E-state index in [-0.39, 0.29) is 0 Å². The summed E-state index contributed by atoms with van der Waals surface area (Å²) in [6.07, 6.45) is 3.08. The van der Waals surface area contributed by atoms with Crippen LogP contribution in [-0.2, 0) is 6.42 Å². The first-order valence-electron chi connectivity index (χ1n) is 5.69. The van der Waals surface area contributed by atoms with Gasteiger partial charge < -0.3 is 0 Å². The molecule has 0 amide bonds. The molecule has 3 rings (SSSR count). The molecule has 0 saturated carbocycles. The monoisotopic (exact) mass is 220 g/mol. The molecule has 17 heavy (non-hydrogen) atoms. The number of nitrogens with zero attached hydrogens (tertiary/aromatic N) is 2. The summed E-state index contributed by atoms with van der Waals surface area (Å²) in [6.45, 7) is 0. The van der Waals surface area contributed by atoms with Crippen LogP contribution in [0.25, 0.3) is 5.70 Å². The largest absolute Gasteiger partial charge is 0.151 e. The van der Waals surface area contributed by atoms with E-state index >= 15 is 0 Å². The lowest BCUT2D eigenvalue weighted by Crippen LogP contribution is -1.80. The maximum Gasteiger partial charge on any atom is 0.0895 e. The third kappa shape index (κ3) is 2.02. The number of rotatable bonds is 2. The minimum atomic E-state index is 0.887. The van der Waals surface area contributed by atoms with Crippen molar-refractivity contribution in [2.45, 2.75) is 6.42 Å². The van der Waals surface area contributed by atoms with Crippen molar-refractivity contribution in [3.8, 4) is 0 Å². The van der Waals surface area contributed by atoms with Crippen molar-refractivity contribution < 1.29 is 0 Å². The van der Waals surface area contributed by atoms with Gasteiger partial charge in [0.15, 0.2) is 0 Å². The van der Waals surface area contributed by atoms with E-state index in [1.807, 2.05) is 36.4 Å². The Hall–Kier alpha value is -2.22. The Balaban J connectivity index is 1.87. The van der Waals surface area contributed by atoms with Crippen molar-refractivity contribution in [1.29, 1.82) is 0 Å². The summed E-state index contributed by atoms with van der Waals surface area (Å²) in [5.41, 5.74) is 4.39. The van der Waals surface area contributed by atoms with Gasteiger partial charge in [-0.05, 0) is 24.1 Å². The molecule has 0 fully saturated rings. The summed E-state index contributed by atoms with van der Waals surface area (Å²) < 4.78 is 0. The smallest absolute Gasteiger partial charge is 0.0895 e. The molecule has 1 aliphatic rings. The van der Waals surface area contributed by atoms with Crippen LogP contribution in [0.1, 0.15) is 11.1 Å². The molecule has 2 aromatic carbocycles. The average Bonchev–Trinajstić information content (AvgIpc) is 2.81. The fourth-order valence-corrected chi connectivity index (χ4v) is 1.97. The highest BCUT2D eigenvalue weighted by Gasteiger charge is 2.12. The highest BCUT2D eigenvalue weighted by Crippen LogP contribution is 2.29. The summed E-state index contributed by atoms with van der Waals surface area (Å²) >= 11 is 0. The molecule has 0 spiro atoms. The maximum absolute atomic E-state index is 4.32. The molecule has 1 aliphatic carbocycles. The third-order valence-corrected chi connectivity index (χ3v) is 2.84. The number of hydrogen-bond donors (Lipinski definition) is 0. The molecule has 0 bridgehead atoms. The van der Waals surface area contributed by atoms with Crippen molar-refractivity contribution in [1.82, 2.24) is 0 Å². The molecule has 2 heteroatoms. The van der Waals surface area contributed by atoms with E-state index in [1.54, 1.807) is 0 Å². The molecule has 0 aliphatic heterocycles. The van der Waals surface area contributed by atoms with Crippen LogP contribution < -0.4 is 0 Å². The molecular weight excluding hydrogens is 208 g/mol. The molecule has 82 valence electrons. The highest BCUT2D eigenvalue weighted by molar-refractivity contribution is 5.71. The molecule has 0 N–H and O–H groups in total. The topological polar surface area (TPSA) is 24.7 Å². The van der Waals surface area contributed by atoms with Crippen molar-refractivity contribution in [2.24, 2.45) is 10.2 Å². The lowest BCUT2D eigenvalue weighted by molar-refractivity contribution is 1.24. The van der Waals surface area contributed by atoms with E-state index in [4.69, 9.17) is 0 Å². The van der Waals surface area contributed by atoms with Crippen LogP contribution in [0.4, 0.5) is 5.69 Å². The number of allylic oxidation sites excluding steroid dienone is 1. The Morgan fingerprint density at radius 1 is 0.765 bits per heavy atom. The van der Waals surface area contributed by atoms with Crippen LogP contribution >= 0.6 is 0 Å². The zero-order chi connectivity index (χ0) is 11.5. The second kappa shape index (κ2) is 4.34. The molecule has 0 heterocycles. The number of fused-ring (bicyclic) bond motifs is 1. The lowest BCUT2D eigenvalue weighted by atomic mass is 10.1. The van der Waals surface area contributed by atoms with Gasteiger partial charge in [-0.2, -0.15) is 10.2 Å². The average molecular weight is 220 g/mol. The molecule has 0 aromatic heterocycles. The van der Waals surface area contributed by atoms with Crippen LogP contribution in [0.15, 0.2) is 70.9 Å². The molecule has 0 radical (unpaired) electrons. The minimum Gasteiger partial charge on any atom is -0.151 e. The van der Waals surface area contributed by atoms with Gasteiger partial charge in [0.2, 0.25) is 0 Å². The Bertz CT molecular complexity index is 583. The van der Waals surface area contributed by atoms with Crippen LogP contribution in [0.2, 0.25) is 0 Å². The summed E-state index contributed by atoms with van der Waals surface area (Å²) in [4.78, 5) is 0. The Morgan fingerprint density at radius 2 is 1.53 bits per heavy atom. The standard InChI is InChI=1S/C15H12N2/c1-2-7-13(8-3-1)16-17-15-11-10-12-6-4-5-9-14(12)15/h1-9,11H,10H2. The van der Waals surface area contributed by atoms with Gasteiger partial charge in [0.25, 0.3) is 0 Å². The SMILES string of the molecule is C1=C(N=Nc2ccccc2)c2ccccc2C1. The minimum absolute atomic E-state index is 0.887. The van der Waals surface area contributed by atoms with Crippen molar-refractivity contribution in [3.05, 3.63) is 71.8 Å². The van der Waals surface area contributed by atoms with Gasteiger partial charge in [0, 0.05) is 5.56 Å². The predicted molar refractivity (Wildman–Crippen MR) is 69.1 cm³/mol. The highest BCUT2D eigenvalue weighted by atomic mass is 15.1. The Morgan fingerprint density at radius 3 is 2.41 bits per heavy atom. The van der Waals surface area contributed by atoms with E-state index in [2.05, 4.69) is 34.5 Å². The second-order valence-electron chi connectivity index (χ2n) is 3.99. The first-order chi connectivity index (χ1) is 8.43. The van der Waals surface area contributed by atoms with E-state index in [0.29, 0.717) is 0 Å². The number of benzene rings is 2. The van der Waals surface area contributed by atoms with Crippen molar-refractivity contribution >= 4 is 11.4 Å². The van der Waals surface area contributed by atoms with Gasteiger partial charge in [0.05, 0.1) is 11.4 Å². The van der Waals surface area contributed by atoms with E-state index < -0.39 is 0 Å². The summed E-state index contributed by atoms with van der Waals surface area (Å²) in [5.74, 6) is 0. The quantitative estimate of drug-likeness (QED) is 0.671. The molecule has 0 unspecified atom stereocenters. The molecular formula is C15H12N2. The van der Waals surface area contributed by atoms with Gasteiger partial charge >= 0.3 is 0 Å². The normalized spacial score (nSPS) is 13.8. The van der Waals surface area contributed by atoms with Gasteiger partial charge in [-0.25, -0.2) is 0 Å². The molecule has 2 nitrogen and oxygen atoms in total. The maximum atomic E-state index is 4.32. The molecule has 2 aromatic rings. The lowest BCUT2D eigenvalue weighted by Gasteiger charge is -1.98. The van der Waals surface area contributed by atoms with Crippen LogP contribution in [0.3, 0.4) is 0 Å². The summed E-state index contributed by atoms with van der Waals surface area (Å²) in [5, 5.41) is 8.56. The van der Waals surface area contributed by atoms with E-state index in [1.165, 1.54) is 11.1 Å². The first kappa shape index (κ1) is 9.97. The molecule has 0 saturated heterocycles. The first-order valence-corrected chi connectivity index (χ1v) is 5.69. The van der Waals surface area contributed by atoms with Crippen LogP contribution in [0.5, 0.6) is 0 Å².